The Kier molecular flexibility index (Phi) is 16.3. The van der Waals surface area contributed by atoms with E-state index in [1.807, 2.05) is 37.3 Å². The van der Waals surface area contributed by atoms with Crippen molar-refractivity contribution in [3.63, 3.8) is 0 Å². The minimum absolute atomic E-state index is 0.108. The van der Waals surface area contributed by atoms with E-state index in [-0.39, 0.29) is 11.8 Å². The second-order valence-electron chi connectivity index (χ2n) is 10.2. The molecular formula is C34H52N4O4. The SMILES string of the molecule is C=C(Nc1nccc(C2=CC(OCC/C=C\COC)=C(OC)C=CC2)n1)C(C)C(C)/C(=C\C)OCCCN(CC)CC. The predicted molar refractivity (Wildman–Crippen MR) is 173 cm³/mol. The van der Waals surface area contributed by atoms with Gasteiger partial charge >= 0.3 is 0 Å². The molecule has 2 rings (SSSR count). The summed E-state index contributed by atoms with van der Waals surface area (Å²) in [4.78, 5) is 11.7. The summed E-state index contributed by atoms with van der Waals surface area (Å²) in [6.45, 7) is 20.1. The number of hydrogen-bond donors (Lipinski definition) is 1. The zero-order valence-corrected chi connectivity index (χ0v) is 26.8. The highest BCUT2D eigenvalue weighted by molar-refractivity contribution is 5.68. The van der Waals surface area contributed by atoms with Gasteiger partial charge in [0.05, 0.1) is 38.4 Å². The van der Waals surface area contributed by atoms with Gasteiger partial charge in [0.2, 0.25) is 5.95 Å². The van der Waals surface area contributed by atoms with E-state index in [2.05, 4.69) is 61.6 Å². The molecule has 0 radical (unpaired) electrons. The third kappa shape index (κ3) is 11.5. The maximum atomic E-state index is 6.19. The van der Waals surface area contributed by atoms with Crippen LogP contribution in [0.4, 0.5) is 5.95 Å². The van der Waals surface area contributed by atoms with Gasteiger partial charge in [-0.25, -0.2) is 9.97 Å². The van der Waals surface area contributed by atoms with Crippen molar-refractivity contribution < 1.29 is 18.9 Å². The van der Waals surface area contributed by atoms with E-state index < -0.39 is 0 Å². The van der Waals surface area contributed by atoms with Crippen molar-refractivity contribution in [2.45, 2.75) is 53.9 Å². The zero-order valence-electron chi connectivity index (χ0n) is 26.8. The van der Waals surface area contributed by atoms with Crippen LogP contribution >= 0.6 is 0 Å². The Labute approximate surface area is 253 Å². The van der Waals surface area contributed by atoms with Crippen LogP contribution in [0.3, 0.4) is 0 Å². The van der Waals surface area contributed by atoms with Crippen LogP contribution in [0.15, 0.2) is 78.3 Å². The number of hydrogen-bond acceptors (Lipinski definition) is 8. The summed E-state index contributed by atoms with van der Waals surface area (Å²) >= 11 is 0. The first-order chi connectivity index (χ1) is 20.4. The van der Waals surface area contributed by atoms with E-state index in [0.29, 0.717) is 43.7 Å². The van der Waals surface area contributed by atoms with Gasteiger partial charge in [-0.2, -0.15) is 0 Å². The van der Waals surface area contributed by atoms with Gasteiger partial charge in [0, 0.05) is 37.4 Å². The first kappa shape index (κ1) is 34.8. The number of ether oxygens (including phenoxy) is 4. The number of nitrogens with zero attached hydrogens (tertiary/aromatic N) is 3. The van der Waals surface area contributed by atoms with Crippen LogP contribution in [-0.2, 0) is 18.9 Å². The largest absolute Gasteiger partial charge is 0.498 e. The van der Waals surface area contributed by atoms with E-state index in [4.69, 9.17) is 23.9 Å². The van der Waals surface area contributed by atoms with Crippen molar-refractivity contribution >= 4 is 11.5 Å². The van der Waals surface area contributed by atoms with Crippen molar-refractivity contribution in [3.8, 4) is 0 Å². The highest BCUT2D eigenvalue weighted by Gasteiger charge is 2.21. The fourth-order valence-corrected chi connectivity index (χ4v) is 4.54. The second kappa shape index (κ2) is 19.7. The standard InChI is InChI=1S/C34H52N4O4/c1-9-31(41-24-16-21-38(10-2)11-3)27(5)26(4)28(6)36-34-35-20-19-30(37-34)29-17-15-18-32(40-8)33(25-29)42-23-14-12-13-22-39-7/h9,12-13,15,18-20,25-27H,6,10-11,14,16-17,21-24H2,1-5,7-8H3,(H,35,36,37)/b13-12-,31-9+. The lowest BCUT2D eigenvalue weighted by atomic mass is 9.91. The van der Waals surface area contributed by atoms with E-state index >= 15 is 0 Å². The van der Waals surface area contributed by atoms with Gasteiger partial charge < -0.3 is 29.2 Å². The summed E-state index contributed by atoms with van der Waals surface area (Å²) in [5.74, 6) is 3.12. The molecule has 0 saturated heterocycles. The molecule has 1 heterocycles. The molecule has 0 saturated carbocycles. The minimum atomic E-state index is 0.108. The van der Waals surface area contributed by atoms with Crippen molar-refractivity contribution in [2.75, 3.05) is 59.0 Å². The quantitative estimate of drug-likeness (QED) is 0.0991. The highest BCUT2D eigenvalue weighted by Crippen LogP contribution is 2.29. The van der Waals surface area contributed by atoms with E-state index in [0.717, 1.165) is 55.2 Å². The molecular weight excluding hydrogens is 528 g/mol. The average molecular weight is 581 g/mol. The van der Waals surface area contributed by atoms with Gasteiger partial charge in [-0.15, -0.1) is 0 Å². The molecule has 1 aromatic rings. The third-order valence-corrected chi connectivity index (χ3v) is 7.42. The number of aromatic nitrogens is 2. The molecule has 0 spiro atoms. The highest BCUT2D eigenvalue weighted by atomic mass is 16.5. The van der Waals surface area contributed by atoms with E-state index in [1.54, 1.807) is 20.4 Å². The van der Waals surface area contributed by atoms with Gasteiger partial charge in [-0.3, -0.25) is 0 Å². The molecule has 2 unspecified atom stereocenters. The van der Waals surface area contributed by atoms with Crippen molar-refractivity contribution in [2.24, 2.45) is 11.8 Å². The van der Waals surface area contributed by atoms with E-state index in [1.165, 1.54) is 0 Å². The fraction of sp³-hybridized carbons (Fsp3) is 0.529. The lowest BCUT2D eigenvalue weighted by Crippen LogP contribution is -2.25. The second-order valence-corrected chi connectivity index (χ2v) is 10.2. The summed E-state index contributed by atoms with van der Waals surface area (Å²) in [5, 5.41) is 3.35. The lowest BCUT2D eigenvalue weighted by Gasteiger charge is -2.26. The smallest absolute Gasteiger partial charge is 0.227 e. The van der Waals surface area contributed by atoms with Gasteiger partial charge in [0.15, 0.2) is 11.5 Å². The summed E-state index contributed by atoms with van der Waals surface area (Å²) in [7, 11) is 3.33. The normalized spacial score (nSPS) is 15.4. The maximum Gasteiger partial charge on any atom is 0.227 e. The molecule has 0 aromatic carbocycles. The predicted octanol–water partition coefficient (Wildman–Crippen LogP) is 7.14. The summed E-state index contributed by atoms with van der Waals surface area (Å²) in [5.41, 5.74) is 2.66. The van der Waals surface area contributed by atoms with Crippen LogP contribution in [0, 0.1) is 11.8 Å². The molecule has 8 heteroatoms. The van der Waals surface area contributed by atoms with Crippen LogP contribution < -0.4 is 5.32 Å². The van der Waals surface area contributed by atoms with Crippen LogP contribution in [0.5, 0.6) is 0 Å². The van der Waals surface area contributed by atoms with Crippen LogP contribution in [0.2, 0.25) is 0 Å². The number of allylic oxidation sites excluding steroid dienone is 7. The minimum Gasteiger partial charge on any atom is -0.498 e. The summed E-state index contributed by atoms with van der Waals surface area (Å²) < 4.78 is 22.9. The Morgan fingerprint density at radius 3 is 2.60 bits per heavy atom. The molecule has 1 N–H and O–H groups in total. The molecule has 1 aromatic heterocycles. The third-order valence-electron chi connectivity index (χ3n) is 7.42. The molecule has 42 heavy (non-hydrogen) atoms. The molecule has 0 bridgehead atoms. The van der Waals surface area contributed by atoms with Crippen LogP contribution in [-0.4, -0.2) is 68.5 Å². The monoisotopic (exact) mass is 580 g/mol. The van der Waals surface area contributed by atoms with Crippen molar-refractivity contribution in [1.29, 1.82) is 0 Å². The maximum absolute atomic E-state index is 6.19. The van der Waals surface area contributed by atoms with Gasteiger partial charge in [0.25, 0.3) is 0 Å². The molecule has 1 aliphatic rings. The topological polar surface area (TPSA) is 78.0 Å². The fourth-order valence-electron chi connectivity index (χ4n) is 4.54. The zero-order chi connectivity index (χ0) is 30.7. The molecule has 0 fully saturated rings. The molecule has 232 valence electrons. The summed E-state index contributed by atoms with van der Waals surface area (Å²) in [6, 6.07) is 1.91. The number of nitrogens with one attached hydrogen (secondary N) is 1. The number of rotatable bonds is 20. The van der Waals surface area contributed by atoms with Gasteiger partial charge in [-0.05, 0) is 69.1 Å². The molecule has 0 aliphatic heterocycles. The molecule has 8 nitrogen and oxygen atoms in total. The Morgan fingerprint density at radius 1 is 1.12 bits per heavy atom. The first-order valence-corrected chi connectivity index (χ1v) is 15.1. The lowest BCUT2D eigenvalue weighted by molar-refractivity contribution is 0.153. The Hall–Kier alpha value is -3.36. The van der Waals surface area contributed by atoms with Gasteiger partial charge in [-0.1, -0.05) is 52.5 Å². The molecule has 0 amide bonds. The van der Waals surface area contributed by atoms with Crippen molar-refractivity contribution in [3.05, 3.63) is 84.0 Å². The number of methoxy groups -OCH3 is 2. The first-order valence-electron chi connectivity index (χ1n) is 15.1. The van der Waals surface area contributed by atoms with Gasteiger partial charge in [0.1, 0.15) is 0 Å². The summed E-state index contributed by atoms with van der Waals surface area (Å²) in [6.07, 6.45) is 16.3. The Balaban J connectivity index is 2.05. The Morgan fingerprint density at radius 2 is 1.90 bits per heavy atom. The van der Waals surface area contributed by atoms with Crippen molar-refractivity contribution in [1.82, 2.24) is 14.9 Å². The van der Waals surface area contributed by atoms with E-state index in [9.17, 15) is 0 Å². The molecule has 1 aliphatic carbocycles. The Bertz CT molecular complexity index is 1120. The molecule has 2 atom stereocenters. The van der Waals surface area contributed by atoms with Crippen LogP contribution in [0.25, 0.3) is 5.57 Å². The average Bonchev–Trinajstić information content (AvgIpc) is 3.22. The number of anilines is 1. The van der Waals surface area contributed by atoms with Crippen LogP contribution in [0.1, 0.15) is 59.6 Å².